The Labute approximate surface area is 211 Å². The summed E-state index contributed by atoms with van der Waals surface area (Å²) in [5, 5.41) is 11.8. The highest BCUT2D eigenvalue weighted by Crippen LogP contribution is 2.53. The third kappa shape index (κ3) is 4.36. The zero-order chi connectivity index (χ0) is 22.4. The molecule has 2 aromatic heterocycles. The molecule has 0 saturated carbocycles. The fraction of sp³-hybridized carbons (Fsp3) is 0.409. The van der Waals surface area contributed by atoms with Gasteiger partial charge in [0.25, 0.3) is 0 Å². The summed E-state index contributed by atoms with van der Waals surface area (Å²) in [6, 6.07) is 3.74. The van der Waals surface area contributed by atoms with Crippen LogP contribution in [-0.4, -0.2) is 38.7 Å². The van der Waals surface area contributed by atoms with Gasteiger partial charge in [-0.05, 0) is 12.8 Å². The number of Topliss-reactive ketones (excluding diaryl/α,β-unsaturated/α-hetero) is 1. The lowest BCUT2D eigenvalue weighted by Gasteiger charge is -2.47. The van der Waals surface area contributed by atoms with E-state index in [0.29, 0.717) is 11.3 Å². The van der Waals surface area contributed by atoms with Gasteiger partial charge < -0.3 is 38.8 Å². The van der Waals surface area contributed by atoms with Crippen molar-refractivity contribution in [1.29, 1.82) is 0 Å². The van der Waals surface area contributed by atoms with E-state index in [1.807, 2.05) is 55.4 Å². The van der Waals surface area contributed by atoms with Crippen molar-refractivity contribution < 1.29 is 48.0 Å². The van der Waals surface area contributed by atoms with Crippen molar-refractivity contribution in [3.05, 3.63) is 40.5 Å². The van der Waals surface area contributed by atoms with E-state index in [4.69, 9.17) is 0 Å². The van der Waals surface area contributed by atoms with Crippen LogP contribution < -0.4 is 28.5 Å². The molecule has 0 unspecified atom stereocenters. The highest BCUT2D eigenvalue weighted by atomic mass is 127. The van der Waals surface area contributed by atoms with Gasteiger partial charge in [0.1, 0.15) is 18.5 Å². The number of hydrogen-bond acceptors (Lipinski definition) is 6. The molecule has 2 aliphatic heterocycles. The van der Waals surface area contributed by atoms with Crippen LogP contribution in [0.15, 0.2) is 44.8 Å². The van der Waals surface area contributed by atoms with Gasteiger partial charge in [0.2, 0.25) is 5.91 Å². The predicted molar refractivity (Wildman–Crippen MR) is 117 cm³/mol. The minimum atomic E-state index is -1.10. The van der Waals surface area contributed by atoms with Crippen molar-refractivity contribution >= 4 is 40.8 Å². The standard InChI is InChI=1S/C22H23N3O4S2.HI/c1-11(9-12(2)26)16-17-13(3)19(18(21(28)29)25(17)20(16)27)31-22-23-15(10-30-22)14-5-7-24(4)8-6-14;/h5-8,10-11,13,16-17H,9H2,1-4H3;1H/t11-,13+,16+,17+;/m0./s1. The van der Waals surface area contributed by atoms with Crippen molar-refractivity contribution in [2.75, 3.05) is 0 Å². The lowest BCUT2D eigenvalue weighted by Crippen LogP contribution is -3.00. The summed E-state index contributed by atoms with van der Waals surface area (Å²) in [6.07, 6.45) is 4.22. The Morgan fingerprint density at radius 2 is 2.00 bits per heavy atom. The number of carbonyl (C=O) groups excluding carboxylic acids is 2. The van der Waals surface area contributed by atoms with Gasteiger partial charge in [0.15, 0.2) is 16.7 Å². The molecule has 170 valence electrons. The first-order valence-corrected chi connectivity index (χ1v) is 11.8. The van der Waals surface area contributed by atoms with E-state index in [1.54, 1.807) is 0 Å². The average Bonchev–Trinajstić information content (AvgIpc) is 3.24. The minimum Gasteiger partial charge on any atom is -1.00 e. The fourth-order valence-electron chi connectivity index (χ4n) is 4.53. The van der Waals surface area contributed by atoms with Crippen LogP contribution in [-0.2, 0) is 21.4 Å². The summed E-state index contributed by atoms with van der Waals surface area (Å²) in [5.41, 5.74) is 1.89. The molecule has 32 heavy (non-hydrogen) atoms. The minimum absolute atomic E-state index is 0. The monoisotopic (exact) mass is 585 g/mol. The molecule has 10 heteroatoms. The highest BCUT2D eigenvalue weighted by molar-refractivity contribution is 8.04. The Balaban J connectivity index is 0.00000289. The van der Waals surface area contributed by atoms with Crippen LogP contribution >= 0.6 is 23.1 Å². The number of carboxylic acids is 1. The van der Waals surface area contributed by atoms with Gasteiger partial charge in [-0.25, -0.2) is 14.3 Å². The molecule has 2 aromatic rings. The van der Waals surface area contributed by atoms with E-state index in [1.165, 1.54) is 34.9 Å². The maximum absolute atomic E-state index is 12.8. The number of aromatic nitrogens is 2. The predicted octanol–water partition coefficient (Wildman–Crippen LogP) is 0.119. The maximum Gasteiger partial charge on any atom is 0.353 e. The molecule has 1 N–H and O–H groups in total. The van der Waals surface area contributed by atoms with Gasteiger partial charge >= 0.3 is 5.97 Å². The number of ketones is 1. The molecule has 4 heterocycles. The zero-order valence-electron chi connectivity index (χ0n) is 18.1. The number of aliphatic carboxylic acids is 1. The van der Waals surface area contributed by atoms with Gasteiger partial charge in [0.05, 0.1) is 17.7 Å². The number of pyridine rings is 1. The Morgan fingerprint density at radius 1 is 1.34 bits per heavy atom. The van der Waals surface area contributed by atoms with Crippen LogP contribution in [0.1, 0.15) is 27.2 Å². The van der Waals surface area contributed by atoms with Gasteiger partial charge in [0, 0.05) is 40.3 Å². The summed E-state index contributed by atoms with van der Waals surface area (Å²) in [6.45, 7) is 5.37. The summed E-state index contributed by atoms with van der Waals surface area (Å²) < 4.78 is 2.69. The Bertz CT molecular complexity index is 1100. The summed E-state index contributed by atoms with van der Waals surface area (Å²) in [5.74, 6) is -1.83. The van der Waals surface area contributed by atoms with Crippen molar-refractivity contribution in [1.82, 2.24) is 9.88 Å². The van der Waals surface area contributed by atoms with Crippen LogP contribution in [0.3, 0.4) is 0 Å². The SMILES string of the molecule is CC(=O)C[C@H](C)[C@H]1C(=O)N2C(C(=O)O)=C(Sc3nc(-c4cc[n+](C)cc4)cs3)[C@H](C)[C@H]12.[I-]. The normalized spacial score (nSPS) is 22.8. The molecule has 2 aliphatic rings. The number of fused-ring (bicyclic) bond motifs is 1. The molecule has 4 atom stereocenters. The quantitative estimate of drug-likeness (QED) is 0.282. The molecule has 0 radical (unpaired) electrons. The van der Waals surface area contributed by atoms with E-state index in [-0.39, 0.29) is 65.2 Å². The van der Waals surface area contributed by atoms with Crippen LogP contribution in [0.4, 0.5) is 0 Å². The Hall–Kier alpha value is -1.79. The second kappa shape index (κ2) is 9.60. The van der Waals surface area contributed by atoms with Crippen LogP contribution in [0.5, 0.6) is 0 Å². The number of hydrogen-bond donors (Lipinski definition) is 1. The number of thioether (sulfide) groups is 1. The zero-order valence-corrected chi connectivity index (χ0v) is 21.9. The van der Waals surface area contributed by atoms with Crippen molar-refractivity contribution in [3.8, 4) is 11.3 Å². The molecule has 0 aliphatic carbocycles. The number of rotatable bonds is 7. The summed E-state index contributed by atoms with van der Waals surface area (Å²) in [7, 11) is 1.95. The van der Waals surface area contributed by atoms with Crippen molar-refractivity contribution in [2.45, 2.75) is 37.6 Å². The highest BCUT2D eigenvalue weighted by Gasteiger charge is 2.60. The molecule has 1 saturated heterocycles. The van der Waals surface area contributed by atoms with Gasteiger partial charge in [-0.1, -0.05) is 25.6 Å². The molecule has 1 fully saturated rings. The number of thiazole rings is 1. The Morgan fingerprint density at radius 3 is 2.59 bits per heavy atom. The summed E-state index contributed by atoms with van der Waals surface area (Å²) >= 11 is 2.79. The third-order valence-corrected chi connectivity index (χ3v) is 8.19. The van der Waals surface area contributed by atoms with Crippen LogP contribution in [0, 0.1) is 17.8 Å². The number of aryl methyl sites for hydroxylation is 1. The molecular weight excluding hydrogens is 561 g/mol. The lowest BCUT2D eigenvalue weighted by atomic mass is 9.73. The average molecular weight is 585 g/mol. The number of amides is 1. The number of carbonyl (C=O) groups is 3. The smallest absolute Gasteiger partial charge is 0.353 e. The molecule has 0 aromatic carbocycles. The van der Waals surface area contributed by atoms with E-state index in [0.717, 1.165) is 15.6 Å². The number of carboxylic acid groups (broad SMARTS) is 1. The van der Waals surface area contributed by atoms with E-state index in [9.17, 15) is 19.5 Å². The maximum atomic E-state index is 12.8. The first-order valence-electron chi connectivity index (χ1n) is 10.1. The molecule has 4 rings (SSSR count). The second-order valence-electron chi connectivity index (χ2n) is 8.27. The lowest BCUT2D eigenvalue weighted by molar-refractivity contribution is -0.671. The number of halogens is 1. The number of β-lactam (4-membered cyclic amide) rings is 1. The van der Waals surface area contributed by atoms with E-state index < -0.39 is 5.97 Å². The number of nitrogens with zero attached hydrogens (tertiary/aromatic N) is 3. The molecule has 0 bridgehead atoms. The van der Waals surface area contributed by atoms with Gasteiger partial charge in [-0.15, -0.1) is 11.3 Å². The van der Waals surface area contributed by atoms with Gasteiger partial charge in [-0.2, -0.15) is 0 Å². The van der Waals surface area contributed by atoms with Crippen molar-refractivity contribution in [2.24, 2.45) is 24.8 Å². The summed E-state index contributed by atoms with van der Waals surface area (Å²) in [4.78, 5) is 43.2. The van der Waals surface area contributed by atoms with E-state index >= 15 is 0 Å². The molecular formula is C22H24IN3O4S2. The first-order chi connectivity index (χ1) is 14.7. The molecule has 1 amide bonds. The fourth-order valence-corrected chi connectivity index (χ4v) is 6.63. The second-order valence-corrected chi connectivity index (χ2v) is 10.4. The molecule has 7 nitrogen and oxygen atoms in total. The first kappa shape index (κ1) is 24.8. The third-order valence-electron chi connectivity index (χ3n) is 5.97. The topological polar surface area (TPSA) is 91.5 Å². The van der Waals surface area contributed by atoms with Crippen LogP contribution in [0.2, 0.25) is 0 Å². The Kier molecular flexibility index (Phi) is 7.45. The van der Waals surface area contributed by atoms with Crippen LogP contribution in [0.25, 0.3) is 11.3 Å². The largest absolute Gasteiger partial charge is 1.00 e. The van der Waals surface area contributed by atoms with E-state index in [2.05, 4.69) is 4.98 Å². The van der Waals surface area contributed by atoms with Gasteiger partial charge in [-0.3, -0.25) is 4.79 Å². The van der Waals surface area contributed by atoms with Crippen molar-refractivity contribution in [3.63, 3.8) is 0 Å². The molecule has 0 spiro atoms.